The summed E-state index contributed by atoms with van der Waals surface area (Å²) in [6.45, 7) is 1.46. The summed E-state index contributed by atoms with van der Waals surface area (Å²) < 4.78 is 52.3. The van der Waals surface area contributed by atoms with E-state index < -0.39 is 27.6 Å². The summed E-state index contributed by atoms with van der Waals surface area (Å²) in [5.41, 5.74) is 3.32. The number of aromatic nitrogens is 3. The van der Waals surface area contributed by atoms with Crippen molar-refractivity contribution in [1.29, 1.82) is 0 Å². The molecule has 0 bridgehead atoms. The van der Waals surface area contributed by atoms with E-state index in [9.17, 15) is 22.0 Å². The van der Waals surface area contributed by atoms with Crippen molar-refractivity contribution in [3.05, 3.63) is 77.6 Å². The highest BCUT2D eigenvalue weighted by atomic mass is 32.2. The van der Waals surface area contributed by atoms with Crippen LogP contribution in [-0.4, -0.2) is 29.0 Å². The number of fused-ring (bicyclic) bond motifs is 1. The number of nitrogens with zero attached hydrogens (tertiary/aromatic N) is 3. The van der Waals surface area contributed by atoms with E-state index in [4.69, 9.17) is 5.14 Å². The van der Waals surface area contributed by atoms with Crippen LogP contribution in [0.4, 0.5) is 8.78 Å². The average Bonchev–Trinajstić information content (AvgIpc) is 2.99. The Bertz CT molecular complexity index is 1430. The van der Waals surface area contributed by atoms with Crippen molar-refractivity contribution in [3.8, 4) is 11.4 Å². The van der Waals surface area contributed by atoms with E-state index in [0.717, 1.165) is 16.8 Å². The fourth-order valence-corrected chi connectivity index (χ4v) is 4.17. The Morgan fingerprint density at radius 2 is 1.74 bits per heavy atom. The van der Waals surface area contributed by atoms with Gasteiger partial charge in [-0.15, -0.1) is 0 Å². The normalized spacial score (nSPS) is 11.6. The SMILES string of the molecule is Cc1c(S(N)(=O)=O)n(NC(=O)c2cnc(-c3cccc(F)c3)nc2)c2ccc(F)cc12. The van der Waals surface area contributed by atoms with Crippen LogP contribution in [0.1, 0.15) is 15.9 Å². The number of hydrogen-bond donors (Lipinski definition) is 2. The fourth-order valence-electron chi connectivity index (χ4n) is 3.24. The summed E-state index contributed by atoms with van der Waals surface area (Å²) in [5.74, 6) is -1.54. The van der Waals surface area contributed by atoms with Crippen molar-refractivity contribution in [3.63, 3.8) is 0 Å². The third-order valence-electron chi connectivity index (χ3n) is 4.61. The van der Waals surface area contributed by atoms with Crippen molar-refractivity contribution in [2.45, 2.75) is 11.9 Å². The van der Waals surface area contributed by atoms with Gasteiger partial charge >= 0.3 is 0 Å². The van der Waals surface area contributed by atoms with Gasteiger partial charge in [-0.1, -0.05) is 12.1 Å². The van der Waals surface area contributed by atoms with Gasteiger partial charge in [0.1, 0.15) is 11.6 Å². The summed E-state index contributed by atoms with van der Waals surface area (Å²) >= 11 is 0. The Labute approximate surface area is 175 Å². The van der Waals surface area contributed by atoms with Crippen LogP contribution in [0.5, 0.6) is 0 Å². The molecule has 1 amide bonds. The largest absolute Gasteiger partial charge is 0.273 e. The second-order valence-corrected chi connectivity index (χ2v) is 8.20. The molecule has 0 unspecified atom stereocenters. The maximum atomic E-state index is 13.7. The van der Waals surface area contributed by atoms with Gasteiger partial charge in [0, 0.05) is 23.3 Å². The van der Waals surface area contributed by atoms with Crippen LogP contribution in [0.15, 0.2) is 59.9 Å². The molecule has 0 spiro atoms. The lowest BCUT2D eigenvalue weighted by Gasteiger charge is -2.11. The van der Waals surface area contributed by atoms with Gasteiger partial charge in [0.2, 0.25) is 0 Å². The molecule has 11 heteroatoms. The first-order chi connectivity index (χ1) is 14.6. The summed E-state index contributed by atoms with van der Waals surface area (Å²) in [5, 5.41) is 5.23. The summed E-state index contributed by atoms with van der Waals surface area (Å²) in [7, 11) is -4.25. The lowest BCUT2D eigenvalue weighted by atomic mass is 10.2. The first-order valence-corrected chi connectivity index (χ1v) is 10.4. The number of hydrogen-bond acceptors (Lipinski definition) is 5. The number of halogens is 2. The predicted molar refractivity (Wildman–Crippen MR) is 109 cm³/mol. The maximum Gasteiger partial charge on any atom is 0.273 e. The molecule has 0 aliphatic heterocycles. The monoisotopic (exact) mass is 443 g/mol. The fraction of sp³-hybridized carbons (Fsp3) is 0.0500. The molecule has 4 aromatic rings. The average molecular weight is 443 g/mol. The topological polar surface area (TPSA) is 120 Å². The van der Waals surface area contributed by atoms with Crippen LogP contribution in [0, 0.1) is 18.6 Å². The number of nitrogens with two attached hydrogens (primary N) is 1. The highest BCUT2D eigenvalue weighted by Crippen LogP contribution is 2.28. The number of aryl methyl sites for hydroxylation is 1. The van der Waals surface area contributed by atoms with Crippen molar-refractivity contribution in [2.24, 2.45) is 5.14 Å². The van der Waals surface area contributed by atoms with E-state index in [-0.39, 0.29) is 32.9 Å². The Balaban J connectivity index is 1.72. The number of nitrogens with one attached hydrogen (secondary N) is 1. The van der Waals surface area contributed by atoms with Crippen LogP contribution in [-0.2, 0) is 10.0 Å². The molecular weight excluding hydrogens is 428 g/mol. The maximum absolute atomic E-state index is 13.7. The minimum absolute atomic E-state index is 0.0159. The van der Waals surface area contributed by atoms with Gasteiger partial charge in [-0.25, -0.2) is 37.0 Å². The zero-order valence-electron chi connectivity index (χ0n) is 16.0. The molecule has 3 N–H and O–H groups in total. The van der Waals surface area contributed by atoms with E-state index in [2.05, 4.69) is 15.4 Å². The third kappa shape index (κ3) is 3.88. The molecule has 0 saturated carbocycles. The second-order valence-electron chi connectivity index (χ2n) is 6.72. The number of sulfonamides is 1. The highest BCUT2D eigenvalue weighted by molar-refractivity contribution is 7.89. The molecule has 0 fully saturated rings. The molecule has 0 atom stereocenters. The zero-order valence-corrected chi connectivity index (χ0v) is 16.8. The Kier molecular flexibility index (Phi) is 4.99. The van der Waals surface area contributed by atoms with Crippen molar-refractivity contribution in [2.75, 3.05) is 5.43 Å². The van der Waals surface area contributed by atoms with Crippen LogP contribution in [0.3, 0.4) is 0 Å². The molecule has 8 nitrogen and oxygen atoms in total. The minimum atomic E-state index is -4.25. The smallest absolute Gasteiger partial charge is 0.267 e. The third-order valence-corrected chi connectivity index (χ3v) is 5.63. The predicted octanol–water partition coefficient (Wildman–Crippen LogP) is 2.72. The molecule has 0 aliphatic carbocycles. The summed E-state index contributed by atoms with van der Waals surface area (Å²) in [4.78, 5) is 20.9. The second kappa shape index (κ2) is 7.52. The number of benzene rings is 2. The van der Waals surface area contributed by atoms with Gasteiger partial charge in [0.05, 0.1) is 11.1 Å². The van der Waals surface area contributed by atoms with E-state index in [1.165, 1.54) is 43.6 Å². The lowest BCUT2D eigenvalue weighted by molar-refractivity contribution is 0.101. The molecule has 0 aliphatic rings. The van der Waals surface area contributed by atoms with Gasteiger partial charge in [-0.05, 0) is 42.8 Å². The Morgan fingerprint density at radius 3 is 2.39 bits per heavy atom. The number of primary sulfonamides is 1. The lowest BCUT2D eigenvalue weighted by Crippen LogP contribution is -2.28. The molecule has 4 rings (SSSR count). The molecule has 2 aromatic heterocycles. The first kappa shape index (κ1) is 20.6. The summed E-state index contributed by atoms with van der Waals surface area (Å²) in [6, 6.07) is 9.27. The van der Waals surface area contributed by atoms with Gasteiger partial charge < -0.3 is 0 Å². The first-order valence-electron chi connectivity index (χ1n) is 8.88. The van der Waals surface area contributed by atoms with Crippen molar-refractivity contribution >= 4 is 26.8 Å². The number of amides is 1. The van der Waals surface area contributed by atoms with Gasteiger partial charge in [0.25, 0.3) is 15.9 Å². The van der Waals surface area contributed by atoms with Crippen molar-refractivity contribution in [1.82, 2.24) is 14.6 Å². The molecule has 158 valence electrons. The molecule has 2 aromatic carbocycles. The minimum Gasteiger partial charge on any atom is -0.267 e. The number of rotatable bonds is 4. The van der Waals surface area contributed by atoms with E-state index in [0.29, 0.717) is 5.56 Å². The highest BCUT2D eigenvalue weighted by Gasteiger charge is 2.24. The summed E-state index contributed by atoms with van der Waals surface area (Å²) in [6.07, 6.45) is 2.44. The van der Waals surface area contributed by atoms with Crippen LogP contribution in [0.2, 0.25) is 0 Å². The Hall–Kier alpha value is -3.70. The van der Waals surface area contributed by atoms with Gasteiger partial charge in [0.15, 0.2) is 10.9 Å². The molecular formula is C20H15F2N5O3S. The van der Waals surface area contributed by atoms with E-state index in [1.807, 2.05) is 0 Å². The van der Waals surface area contributed by atoms with Crippen LogP contribution < -0.4 is 10.6 Å². The quantitative estimate of drug-likeness (QED) is 0.503. The Morgan fingerprint density at radius 1 is 1.06 bits per heavy atom. The molecule has 2 heterocycles. The zero-order chi connectivity index (χ0) is 22.3. The number of carbonyl (C=O) groups is 1. The standard InChI is InChI=1S/C20H15F2N5O3S/c1-11-16-8-15(22)5-6-17(16)27(20(11)31(23,29)30)26-19(28)13-9-24-18(25-10-13)12-3-2-4-14(21)7-12/h2-10H,1H3,(H,26,28)(H2,23,29,30). The van der Waals surface area contributed by atoms with Gasteiger partial charge in [-0.2, -0.15) is 0 Å². The van der Waals surface area contributed by atoms with E-state index >= 15 is 0 Å². The van der Waals surface area contributed by atoms with Crippen LogP contribution in [0.25, 0.3) is 22.3 Å². The molecule has 0 radical (unpaired) electrons. The van der Waals surface area contributed by atoms with Gasteiger partial charge in [-0.3, -0.25) is 10.2 Å². The van der Waals surface area contributed by atoms with Crippen molar-refractivity contribution < 1.29 is 22.0 Å². The molecule has 31 heavy (non-hydrogen) atoms. The number of carbonyl (C=O) groups excluding carboxylic acids is 1. The molecule has 0 saturated heterocycles. The van der Waals surface area contributed by atoms with Crippen LogP contribution >= 0.6 is 0 Å². The van der Waals surface area contributed by atoms with E-state index in [1.54, 1.807) is 6.07 Å².